The van der Waals surface area contributed by atoms with Gasteiger partial charge < -0.3 is 19.8 Å². The Kier molecular flexibility index (Phi) is 8.13. The maximum absolute atomic E-state index is 5.66. The third-order valence-electron chi connectivity index (χ3n) is 5.58. The molecule has 0 aliphatic carbocycles. The van der Waals surface area contributed by atoms with Gasteiger partial charge in [-0.05, 0) is 64.4 Å². The Morgan fingerprint density at radius 2 is 1.90 bits per heavy atom. The standard InChI is InChI=1S/C23H35N5O2/c1-5-24-23(26-16-22-27-17(2)18(3)30-22)25-15-21(28-13-7-6-8-14-28)19-9-11-20(29-4)12-10-19/h9-12,21H,5-8,13-16H2,1-4H3,(H2,24,25,26). The maximum atomic E-state index is 5.66. The molecule has 1 aromatic carbocycles. The largest absolute Gasteiger partial charge is 0.497 e. The molecule has 164 valence electrons. The van der Waals surface area contributed by atoms with Crippen LogP contribution >= 0.6 is 0 Å². The summed E-state index contributed by atoms with van der Waals surface area (Å²) in [6.45, 7) is 10.2. The van der Waals surface area contributed by atoms with Crippen molar-refractivity contribution in [1.29, 1.82) is 0 Å². The lowest BCUT2D eigenvalue weighted by Gasteiger charge is -2.35. The van der Waals surface area contributed by atoms with E-state index in [0.29, 0.717) is 12.4 Å². The van der Waals surface area contributed by atoms with Crippen molar-refractivity contribution in [3.05, 3.63) is 47.2 Å². The van der Waals surface area contributed by atoms with Gasteiger partial charge in [-0.1, -0.05) is 18.6 Å². The minimum absolute atomic E-state index is 0.284. The zero-order valence-corrected chi connectivity index (χ0v) is 18.7. The number of rotatable bonds is 8. The number of likely N-dealkylation sites (tertiary alicyclic amines) is 1. The molecule has 1 aliphatic rings. The van der Waals surface area contributed by atoms with Crippen LogP contribution in [-0.2, 0) is 6.54 Å². The number of nitrogens with zero attached hydrogens (tertiary/aromatic N) is 3. The molecule has 0 amide bonds. The van der Waals surface area contributed by atoms with Gasteiger partial charge in [-0.3, -0.25) is 4.90 Å². The Bertz CT molecular complexity index is 790. The first kappa shape index (κ1) is 22.2. The number of benzene rings is 1. The minimum atomic E-state index is 0.284. The van der Waals surface area contributed by atoms with Gasteiger partial charge in [0.1, 0.15) is 18.1 Å². The fraction of sp³-hybridized carbons (Fsp3) is 0.565. The van der Waals surface area contributed by atoms with Crippen LogP contribution in [-0.4, -0.2) is 49.1 Å². The van der Waals surface area contributed by atoms with Gasteiger partial charge in [0, 0.05) is 13.1 Å². The first-order valence-corrected chi connectivity index (χ1v) is 10.9. The number of aromatic nitrogens is 1. The van der Waals surface area contributed by atoms with E-state index in [9.17, 15) is 0 Å². The number of methoxy groups -OCH3 is 1. The Labute approximate surface area is 179 Å². The Morgan fingerprint density at radius 1 is 1.17 bits per heavy atom. The van der Waals surface area contributed by atoms with E-state index in [1.54, 1.807) is 7.11 Å². The third-order valence-corrected chi connectivity index (χ3v) is 5.58. The average Bonchev–Trinajstić information content (AvgIpc) is 3.10. The number of guanidine groups is 1. The fourth-order valence-corrected chi connectivity index (χ4v) is 3.80. The molecule has 7 heteroatoms. The van der Waals surface area contributed by atoms with Crippen molar-refractivity contribution in [2.24, 2.45) is 4.99 Å². The van der Waals surface area contributed by atoms with Crippen LogP contribution in [0.2, 0.25) is 0 Å². The Morgan fingerprint density at radius 3 is 2.50 bits per heavy atom. The van der Waals surface area contributed by atoms with Crippen LogP contribution in [0.15, 0.2) is 33.7 Å². The van der Waals surface area contributed by atoms with E-state index in [1.165, 1.54) is 24.8 Å². The van der Waals surface area contributed by atoms with E-state index in [2.05, 4.69) is 44.6 Å². The van der Waals surface area contributed by atoms with E-state index in [0.717, 1.165) is 49.3 Å². The molecule has 1 aliphatic heterocycles. The predicted octanol–water partition coefficient (Wildman–Crippen LogP) is 3.58. The zero-order chi connectivity index (χ0) is 21.3. The normalized spacial score (nSPS) is 16.3. The van der Waals surface area contributed by atoms with Gasteiger partial charge in [0.25, 0.3) is 0 Å². The summed E-state index contributed by atoms with van der Waals surface area (Å²) in [5.74, 6) is 3.16. The molecule has 1 atom stereocenters. The van der Waals surface area contributed by atoms with E-state index < -0.39 is 0 Å². The number of ether oxygens (including phenoxy) is 1. The minimum Gasteiger partial charge on any atom is -0.497 e. The molecule has 1 saturated heterocycles. The number of oxazole rings is 1. The lowest BCUT2D eigenvalue weighted by Crippen LogP contribution is -2.44. The smallest absolute Gasteiger partial charge is 0.216 e. The quantitative estimate of drug-likeness (QED) is 0.509. The number of nitrogens with one attached hydrogen (secondary N) is 2. The van der Waals surface area contributed by atoms with Crippen molar-refractivity contribution in [3.8, 4) is 5.75 Å². The molecule has 30 heavy (non-hydrogen) atoms. The van der Waals surface area contributed by atoms with Crippen LogP contribution in [0.25, 0.3) is 0 Å². The summed E-state index contributed by atoms with van der Waals surface area (Å²) in [5.41, 5.74) is 2.21. The van der Waals surface area contributed by atoms with Crippen molar-refractivity contribution >= 4 is 5.96 Å². The Hall–Kier alpha value is -2.54. The van der Waals surface area contributed by atoms with E-state index in [1.807, 2.05) is 26.0 Å². The van der Waals surface area contributed by atoms with E-state index in [4.69, 9.17) is 9.15 Å². The summed E-state index contributed by atoms with van der Waals surface area (Å²) in [6.07, 6.45) is 3.83. The second-order valence-corrected chi connectivity index (χ2v) is 7.71. The van der Waals surface area contributed by atoms with Crippen molar-refractivity contribution in [3.63, 3.8) is 0 Å². The predicted molar refractivity (Wildman–Crippen MR) is 120 cm³/mol. The summed E-state index contributed by atoms with van der Waals surface area (Å²) in [6, 6.07) is 8.70. The molecule has 0 bridgehead atoms. The molecule has 3 rings (SSSR count). The highest BCUT2D eigenvalue weighted by molar-refractivity contribution is 5.79. The maximum Gasteiger partial charge on any atom is 0.216 e. The van der Waals surface area contributed by atoms with Crippen LogP contribution < -0.4 is 15.4 Å². The van der Waals surface area contributed by atoms with E-state index >= 15 is 0 Å². The van der Waals surface area contributed by atoms with Gasteiger partial charge in [-0.2, -0.15) is 0 Å². The van der Waals surface area contributed by atoms with E-state index in [-0.39, 0.29) is 6.04 Å². The van der Waals surface area contributed by atoms with Crippen LogP contribution in [0, 0.1) is 13.8 Å². The molecule has 2 N–H and O–H groups in total. The second kappa shape index (κ2) is 11.0. The number of hydrogen-bond acceptors (Lipinski definition) is 5. The van der Waals surface area contributed by atoms with Crippen LogP contribution in [0.5, 0.6) is 5.75 Å². The summed E-state index contributed by atoms with van der Waals surface area (Å²) >= 11 is 0. The van der Waals surface area contributed by atoms with Crippen molar-refractivity contribution in [2.75, 3.05) is 33.3 Å². The molecule has 1 aromatic heterocycles. The molecule has 1 fully saturated rings. The van der Waals surface area contributed by atoms with Gasteiger partial charge >= 0.3 is 0 Å². The molecule has 2 heterocycles. The van der Waals surface area contributed by atoms with Gasteiger partial charge in [0.15, 0.2) is 5.96 Å². The molecule has 7 nitrogen and oxygen atoms in total. The number of hydrogen-bond donors (Lipinski definition) is 2. The molecule has 0 spiro atoms. The first-order chi connectivity index (χ1) is 14.6. The summed E-state index contributed by atoms with van der Waals surface area (Å²) < 4.78 is 11.0. The fourth-order valence-electron chi connectivity index (χ4n) is 3.80. The summed E-state index contributed by atoms with van der Waals surface area (Å²) in [5, 5.41) is 6.87. The van der Waals surface area contributed by atoms with Crippen LogP contribution in [0.3, 0.4) is 0 Å². The zero-order valence-electron chi connectivity index (χ0n) is 18.7. The van der Waals surface area contributed by atoms with Crippen molar-refractivity contribution in [1.82, 2.24) is 20.5 Å². The van der Waals surface area contributed by atoms with Gasteiger partial charge in [0.2, 0.25) is 5.89 Å². The van der Waals surface area contributed by atoms with Crippen molar-refractivity contribution < 1.29 is 9.15 Å². The highest BCUT2D eigenvalue weighted by atomic mass is 16.5. The summed E-state index contributed by atoms with van der Waals surface area (Å²) in [7, 11) is 1.70. The molecule has 2 aromatic rings. The topological polar surface area (TPSA) is 74.9 Å². The number of piperidine rings is 1. The Balaban J connectivity index is 1.71. The van der Waals surface area contributed by atoms with Crippen molar-refractivity contribution in [2.45, 2.75) is 52.6 Å². The highest BCUT2D eigenvalue weighted by Crippen LogP contribution is 2.25. The summed E-state index contributed by atoms with van der Waals surface area (Å²) in [4.78, 5) is 11.7. The average molecular weight is 414 g/mol. The molecular weight excluding hydrogens is 378 g/mol. The lowest BCUT2D eigenvalue weighted by atomic mass is 10.0. The number of aryl methyl sites for hydroxylation is 2. The van der Waals surface area contributed by atoms with Gasteiger partial charge in [-0.15, -0.1) is 0 Å². The highest BCUT2D eigenvalue weighted by Gasteiger charge is 2.22. The van der Waals surface area contributed by atoms with Crippen LogP contribution in [0.1, 0.15) is 55.1 Å². The monoisotopic (exact) mass is 413 g/mol. The molecule has 0 radical (unpaired) electrons. The van der Waals surface area contributed by atoms with Crippen LogP contribution in [0.4, 0.5) is 0 Å². The molecule has 0 saturated carbocycles. The molecular formula is C23H35N5O2. The second-order valence-electron chi connectivity index (χ2n) is 7.71. The number of aliphatic imine (C=N–C) groups is 1. The molecule has 1 unspecified atom stereocenters. The van der Waals surface area contributed by atoms with Gasteiger partial charge in [-0.25, -0.2) is 9.98 Å². The first-order valence-electron chi connectivity index (χ1n) is 10.9. The third kappa shape index (κ3) is 5.98. The van der Waals surface area contributed by atoms with Gasteiger partial charge in [0.05, 0.1) is 18.8 Å². The SMILES string of the molecule is CCNC(=NCc1nc(C)c(C)o1)NCC(c1ccc(OC)cc1)N1CCCCC1. The lowest BCUT2D eigenvalue weighted by molar-refractivity contribution is 0.164.